The van der Waals surface area contributed by atoms with E-state index < -0.39 is 0 Å². The van der Waals surface area contributed by atoms with Crippen LogP contribution in [0.2, 0.25) is 0 Å². The van der Waals surface area contributed by atoms with Gasteiger partial charge in [0.15, 0.2) is 5.82 Å². The first-order valence-electron chi connectivity index (χ1n) is 9.53. The van der Waals surface area contributed by atoms with Crippen LogP contribution < -0.4 is 4.57 Å². The van der Waals surface area contributed by atoms with Gasteiger partial charge in [0.05, 0.1) is 0 Å². The van der Waals surface area contributed by atoms with Crippen LogP contribution >= 0.6 is 0 Å². The minimum atomic E-state index is 0.867. The molecule has 0 bridgehead atoms. The topological polar surface area (TPSA) is 34.6 Å². The lowest BCUT2D eigenvalue weighted by molar-refractivity contribution is -0.574. The van der Waals surface area contributed by atoms with Crippen molar-refractivity contribution in [1.82, 2.24) is 14.5 Å². The summed E-state index contributed by atoms with van der Waals surface area (Å²) in [5.41, 5.74) is 3.28. The van der Waals surface area contributed by atoms with E-state index in [9.17, 15) is 0 Å². The Labute approximate surface area is 169 Å². The van der Waals surface area contributed by atoms with Gasteiger partial charge in [-0.25, -0.2) is 9.55 Å². The van der Waals surface area contributed by atoms with Gasteiger partial charge in [0.1, 0.15) is 17.2 Å². The second kappa shape index (κ2) is 7.52. The van der Waals surface area contributed by atoms with Crippen LogP contribution in [-0.4, -0.2) is 14.5 Å². The number of imidazole rings is 1. The van der Waals surface area contributed by atoms with Crippen LogP contribution in [0, 0.1) is 0 Å². The average molecular weight is 375 g/mol. The Morgan fingerprint density at radius 1 is 0.655 bits per heavy atom. The lowest BCUT2D eigenvalue weighted by atomic mass is 10.2. The van der Waals surface area contributed by atoms with Crippen LogP contribution in [0.3, 0.4) is 0 Å². The Bertz CT molecular complexity index is 1200. The van der Waals surface area contributed by atoms with Gasteiger partial charge in [-0.3, -0.25) is 0 Å². The normalized spacial score (nSPS) is 11.3. The molecule has 3 aromatic heterocycles. The van der Waals surface area contributed by atoms with Gasteiger partial charge in [0, 0.05) is 18.3 Å². The molecule has 4 heteroatoms. The summed E-state index contributed by atoms with van der Waals surface area (Å²) in [4.78, 5) is 9.23. The van der Waals surface area contributed by atoms with Crippen LogP contribution in [0.4, 0.5) is 0 Å². The van der Waals surface area contributed by atoms with Crippen molar-refractivity contribution in [3.8, 4) is 11.6 Å². The molecule has 4 nitrogen and oxygen atoms in total. The molecule has 0 fully saturated rings. The summed E-state index contributed by atoms with van der Waals surface area (Å²) >= 11 is 0. The summed E-state index contributed by atoms with van der Waals surface area (Å²) in [5, 5.41) is 0. The first kappa shape index (κ1) is 17.1. The van der Waals surface area contributed by atoms with E-state index in [1.54, 1.807) is 0 Å². The van der Waals surface area contributed by atoms with Crippen molar-refractivity contribution in [1.29, 1.82) is 0 Å². The van der Waals surface area contributed by atoms with Gasteiger partial charge < -0.3 is 0 Å². The van der Waals surface area contributed by atoms with Crippen molar-refractivity contribution in [3.63, 3.8) is 0 Å². The summed E-state index contributed by atoms with van der Waals surface area (Å²) in [5.74, 6) is 2.71. The van der Waals surface area contributed by atoms with Gasteiger partial charge in [-0.15, -0.1) is 4.98 Å². The molecule has 3 heterocycles. The summed E-state index contributed by atoms with van der Waals surface area (Å²) < 4.78 is 4.34. The monoisotopic (exact) mass is 375 g/mol. The molecule has 0 unspecified atom stereocenters. The third-order valence-electron chi connectivity index (χ3n) is 4.80. The van der Waals surface area contributed by atoms with Crippen LogP contribution in [0.25, 0.3) is 34.8 Å². The molecule has 0 aliphatic carbocycles. The number of hydrogen-bond acceptors (Lipinski definition) is 2. The standard InChI is InChI=1S/C25H19N4/c1-2-10-20(11-3-1)16-17-25-28(23-14-6-8-18-26-23)21-12-4-5-13-22(21)29(25)24-15-7-9-19-27-24/h1-19H/q+1/b17-16+. The Hall–Kier alpha value is -4.05. The molecule has 5 aromatic rings. The molecule has 0 radical (unpaired) electrons. The Balaban J connectivity index is 1.84. The quantitative estimate of drug-likeness (QED) is 0.420. The number of hydrogen-bond donors (Lipinski definition) is 0. The molecule has 0 N–H and O–H groups in total. The molecule has 5 rings (SSSR count). The fourth-order valence-electron chi connectivity index (χ4n) is 3.53. The lowest BCUT2D eigenvalue weighted by Gasteiger charge is -2.03. The van der Waals surface area contributed by atoms with E-state index in [1.165, 1.54) is 0 Å². The van der Waals surface area contributed by atoms with E-state index in [2.05, 4.69) is 67.7 Å². The Morgan fingerprint density at radius 3 is 2.14 bits per heavy atom. The smallest absolute Gasteiger partial charge is 0.225 e. The molecule has 0 aliphatic rings. The van der Waals surface area contributed by atoms with E-state index in [0.717, 1.165) is 34.1 Å². The number of pyridine rings is 2. The number of fused-ring (bicyclic) bond motifs is 1. The number of nitrogens with zero attached hydrogens (tertiary/aromatic N) is 4. The molecular weight excluding hydrogens is 356 g/mol. The number of aromatic nitrogens is 4. The summed E-state index contributed by atoms with van der Waals surface area (Å²) in [6.07, 6.45) is 7.88. The van der Waals surface area contributed by atoms with E-state index in [4.69, 9.17) is 0 Å². The van der Waals surface area contributed by atoms with E-state index in [0.29, 0.717) is 0 Å². The zero-order valence-electron chi connectivity index (χ0n) is 15.8. The highest BCUT2D eigenvalue weighted by molar-refractivity contribution is 5.78. The number of benzene rings is 2. The Kier molecular flexibility index (Phi) is 4.43. The summed E-state index contributed by atoms with van der Waals surface area (Å²) in [7, 11) is 0. The zero-order chi connectivity index (χ0) is 19.5. The largest absolute Gasteiger partial charge is 0.267 e. The highest BCUT2D eigenvalue weighted by Crippen LogP contribution is 2.22. The van der Waals surface area contributed by atoms with Gasteiger partial charge in [0.2, 0.25) is 5.82 Å². The average Bonchev–Trinajstić information content (AvgIpc) is 3.13. The zero-order valence-corrected chi connectivity index (χ0v) is 15.8. The van der Waals surface area contributed by atoms with Gasteiger partial charge in [-0.05, 0) is 42.0 Å². The predicted molar refractivity (Wildman–Crippen MR) is 116 cm³/mol. The van der Waals surface area contributed by atoms with Crippen LogP contribution in [0.15, 0.2) is 103 Å². The maximum Gasteiger partial charge on any atom is 0.267 e. The molecule has 0 aliphatic heterocycles. The Morgan fingerprint density at radius 2 is 1.38 bits per heavy atom. The molecular formula is C25H19N4+. The van der Waals surface area contributed by atoms with Crippen molar-refractivity contribution < 1.29 is 4.57 Å². The molecule has 2 aromatic carbocycles. The third kappa shape index (κ3) is 3.21. The second-order valence-corrected chi connectivity index (χ2v) is 6.64. The van der Waals surface area contributed by atoms with Crippen LogP contribution in [0.1, 0.15) is 11.4 Å². The van der Waals surface area contributed by atoms with E-state index in [1.807, 2.05) is 67.0 Å². The fourth-order valence-corrected chi connectivity index (χ4v) is 3.53. The van der Waals surface area contributed by atoms with Crippen LogP contribution in [-0.2, 0) is 0 Å². The number of rotatable bonds is 4. The highest BCUT2D eigenvalue weighted by atomic mass is 15.2. The SMILES string of the molecule is C(=C\c1n(-c2ccccn2)c2ccccc2[n+]1-c1ccccn1)/c1ccccc1. The molecule has 0 atom stereocenters. The molecule has 29 heavy (non-hydrogen) atoms. The van der Waals surface area contributed by atoms with Crippen molar-refractivity contribution in [2.75, 3.05) is 0 Å². The van der Waals surface area contributed by atoms with Crippen molar-refractivity contribution in [3.05, 3.63) is 115 Å². The first-order valence-corrected chi connectivity index (χ1v) is 9.53. The van der Waals surface area contributed by atoms with Crippen molar-refractivity contribution >= 4 is 23.2 Å². The summed E-state index contributed by atoms with van der Waals surface area (Å²) in [6, 6.07) is 30.5. The van der Waals surface area contributed by atoms with Gasteiger partial charge in [0.25, 0.3) is 5.82 Å². The first-order chi connectivity index (χ1) is 14.4. The van der Waals surface area contributed by atoms with Crippen molar-refractivity contribution in [2.45, 2.75) is 0 Å². The van der Waals surface area contributed by atoms with E-state index in [-0.39, 0.29) is 0 Å². The molecule has 0 saturated carbocycles. The molecule has 0 spiro atoms. The number of para-hydroxylation sites is 2. The van der Waals surface area contributed by atoms with Crippen molar-refractivity contribution in [2.24, 2.45) is 0 Å². The lowest BCUT2D eigenvalue weighted by Crippen LogP contribution is -2.34. The third-order valence-corrected chi connectivity index (χ3v) is 4.80. The minimum Gasteiger partial charge on any atom is -0.225 e. The fraction of sp³-hybridized carbons (Fsp3) is 0. The predicted octanol–water partition coefficient (Wildman–Crippen LogP) is 4.87. The molecule has 138 valence electrons. The van der Waals surface area contributed by atoms with Gasteiger partial charge >= 0.3 is 0 Å². The van der Waals surface area contributed by atoms with Gasteiger partial charge in [-0.2, -0.15) is 4.57 Å². The van der Waals surface area contributed by atoms with Gasteiger partial charge in [-0.1, -0.05) is 54.6 Å². The molecule has 0 amide bonds. The van der Waals surface area contributed by atoms with E-state index >= 15 is 0 Å². The maximum absolute atomic E-state index is 4.62. The summed E-state index contributed by atoms with van der Waals surface area (Å²) in [6.45, 7) is 0. The van der Waals surface area contributed by atoms with Crippen LogP contribution in [0.5, 0.6) is 0 Å². The maximum atomic E-state index is 4.62. The minimum absolute atomic E-state index is 0.867. The second-order valence-electron chi connectivity index (χ2n) is 6.64. The molecule has 0 saturated heterocycles. The highest BCUT2D eigenvalue weighted by Gasteiger charge is 2.24.